The Morgan fingerprint density at radius 1 is 1.24 bits per heavy atom. The van der Waals surface area contributed by atoms with E-state index in [2.05, 4.69) is 10.2 Å². The van der Waals surface area contributed by atoms with Crippen LogP contribution in [0.1, 0.15) is 11.9 Å². The van der Waals surface area contributed by atoms with E-state index in [1.165, 1.54) is 0 Å². The Bertz CT molecular complexity index is 502. The number of rotatable bonds is 4. The molecule has 0 saturated heterocycles. The van der Waals surface area contributed by atoms with Crippen molar-refractivity contribution in [2.75, 3.05) is 6.61 Å². The average molecular weight is 246 g/mol. The van der Waals surface area contributed by atoms with Crippen molar-refractivity contribution in [1.29, 1.82) is 0 Å². The molecule has 17 heavy (non-hydrogen) atoms. The maximum Gasteiger partial charge on any atom is 0.147 e. The van der Waals surface area contributed by atoms with Crippen LogP contribution >= 0.6 is 11.3 Å². The minimum Gasteiger partial charge on any atom is -0.490 e. The molecule has 2 aromatic rings. The number of allylic oxidation sites excluding steroid dienone is 1. The standard InChI is InChI=1S/C13H14N2OS/c1-3-4-9-16-12-7-5-11(6-8-12)13-15-14-10(2)17-13/h3-8H,9H2,1-2H3. The van der Waals surface area contributed by atoms with E-state index in [0.29, 0.717) is 6.61 Å². The number of hydrogen-bond acceptors (Lipinski definition) is 4. The second-order valence-corrected chi connectivity index (χ2v) is 4.71. The minimum absolute atomic E-state index is 0.605. The van der Waals surface area contributed by atoms with Crippen molar-refractivity contribution in [3.8, 4) is 16.3 Å². The summed E-state index contributed by atoms with van der Waals surface area (Å²) in [6, 6.07) is 7.92. The molecule has 1 aromatic heterocycles. The topological polar surface area (TPSA) is 35.0 Å². The van der Waals surface area contributed by atoms with Crippen molar-refractivity contribution in [2.24, 2.45) is 0 Å². The molecule has 88 valence electrons. The summed E-state index contributed by atoms with van der Waals surface area (Å²) >= 11 is 1.59. The summed E-state index contributed by atoms with van der Waals surface area (Å²) in [5, 5.41) is 10.0. The average Bonchev–Trinajstić information content (AvgIpc) is 2.77. The first-order chi connectivity index (χ1) is 8.29. The molecule has 0 unspecified atom stereocenters. The summed E-state index contributed by atoms with van der Waals surface area (Å²) in [7, 11) is 0. The summed E-state index contributed by atoms with van der Waals surface area (Å²) in [6.07, 6.45) is 3.94. The largest absolute Gasteiger partial charge is 0.490 e. The van der Waals surface area contributed by atoms with Crippen molar-refractivity contribution >= 4 is 11.3 Å². The predicted molar refractivity (Wildman–Crippen MR) is 70.4 cm³/mol. The number of ether oxygens (including phenoxy) is 1. The molecular weight excluding hydrogens is 232 g/mol. The molecule has 0 aliphatic carbocycles. The van der Waals surface area contributed by atoms with Crippen LogP contribution in [0.4, 0.5) is 0 Å². The van der Waals surface area contributed by atoms with Crippen LogP contribution < -0.4 is 4.74 Å². The van der Waals surface area contributed by atoms with Gasteiger partial charge in [-0.2, -0.15) is 0 Å². The van der Waals surface area contributed by atoms with Crippen LogP contribution in [0.3, 0.4) is 0 Å². The van der Waals surface area contributed by atoms with Crippen LogP contribution in [-0.2, 0) is 0 Å². The van der Waals surface area contributed by atoms with Crippen LogP contribution in [0.5, 0.6) is 5.75 Å². The fraction of sp³-hybridized carbons (Fsp3) is 0.231. The Morgan fingerprint density at radius 2 is 2.00 bits per heavy atom. The van der Waals surface area contributed by atoms with E-state index < -0.39 is 0 Å². The van der Waals surface area contributed by atoms with Gasteiger partial charge in [-0.15, -0.1) is 10.2 Å². The predicted octanol–water partition coefficient (Wildman–Crippen LogP) is 3.47. The SMILES string of the molecule is CC=CCOc1ccc(-c2nnc(C)s2)cc1. The van der Waals surface area contributed by atoms with Gasteiger partial charge in [-0.3, -0.25) is 0 Å². The Hall–Kier alpha value is -1.68. The summed E-state index contributed by atoms with van der Waals surface area (Å²) < 4.78 is 5.52. The fourth-order valence-electron chi connectivity index (χ4n) is 1.35. The van der Waals surface area contributed by atoms with Crippen molar-refractivity contribution in [3.63, 3.8) is 0 Å². The molecule has 4 heteroatoms. The first-order valence-electron chi connectivity index (χ1n) is 5.44. The Labute approximate surface area is 105 Å². The molecular formula is C13H14N2OS. The second-order valence-electron chi connectivity index (χ2n) is 3.53. The summed E-state index contributed by atoms with van der Waals surface area (Å²) in [5.74, 6) is 0.869. The van der Waals surface area contributed by atoms with Gasteiger partial charge in [-0.05, 0) is 38.1 Å². The van der Waals surface area contributed by atoms with E-state index in [1.807, 2.05) is 50.3 Å². The van der Waals surface area contributed by atoms with E-state index in [4.69, 9.17) is 4.74 Å². The normalized spacial score (nSPS) is 10.9. The molecule has 0 fully saturated rings. The quantitative estimate of drug-likeness (QED) is 0.775. The van der Waals surface area contributed by atoms with Crippen molar-refractivity contribution in [2.45, 2.75) is 13.8 Å². The van der Waals surface area contributed by atoms with E-state index in [0.717, 1.165) is 21.3 Å². The highest BCUT2D eigenvalue weighted by Crippen LogP contribution is 2.24. The van der Waals surface area contributed by atoms with Crippen molar-refractivity contribution in [1.82, 2.24) is 10.2 Å². The Balaban J connectivity index is 2.07. The lowest BCUT2D eigenvalue weighted by Crippen LogP contribution is -1.92. The highest BCUT2D eigenvalue weighted by atomic mass is 32.1. The zero-order valence-corrected chi connectivity index (χ0v) is 10.7. The van der Waals surface area contributed by atoms with Crippen molar-refractivity contribution in [3.05, 3.63) is 41.4 Å². The van der Waals surface area contributed by atoms with E-state index >= 15 is 0 Å². The first kappa shape index (κ1) is 11.8. The van der Waals surface area contributed by atoms with Gasteiger partial charge in [-0.1, -0.05) is 23.5 Å². The van der Waals surface area contributed by atoms with Crippen LogP contribution in [0.2, 0.25) is 0 Å². The molecule has 0 N–H and O–H groups in total. The van der Waals surface area contributed by atoms with Gasteiger partial charge in [0.05, 0.1) is 0 Å². The number of aromatic nitrogens is 2. The molecule has 0 spiro atoms. The Kier molecular flexibility index (Phi) is 3.88. The summed E-state index contributed by atoms with van der Waals surface area (Å²) in [5.41, 5.74) is 1.08. The molecule has 0 amide bonds. The molecule has 0 aliphatic heterocycles. The molecule has 3 nitrogen and oxygen atoms in total. The molecule has 0 atom stereocenters. The van der Waals surface area contributed by atoms with Gasteiger partial charge in [0.15, 0.2) is 0 Å². The lowest BCUT2D eigenvalue weighted by molar-refractivity contribution is 0.363. The number of benzene rings is 1. The van der Waals surface area contributed by atoms with Gasteiger partial charge in [0.1, 0.15) is 22.4 Å². The monoisotopic (exact) mass is 246 g/mol. The van der Waals surface area contributed by atoms with E-state index in [1.54, 1.807) is 11.3 Å². The summed E-state index contributed by atoms with van der Waals surface area (Å²) in [6.45, 7) is 4.54. The van der Waals surface area contributed by atoms with E-state index in [9.17, 15) is 0 Å². The Morgan fingerprint density at radius 3 is 2.59 bits per heavy atom. The van der Waals surface area contributed by atoms with Gasteiger partial charge in [0, 0.05) is 5.56 Å². The molecule has 1 heterocycles. The molecule has 0 bridgehead atoms. The number of aryl methyl sites for hydroxylation is 1. The fourth-order valence-corrected chi connectivity index (χ4v) is 2.04. The maximum atomic E-state index is 5.52. The third kappa shape index (κ3) is 3.14. The lowest BCUT2D eigenvalue weighted by Gasteiger charge is -2.03. The minimum atomic E-state index is 0.605. The third-order valence-electron chi connectivity index (χ3n) is 2.21. The zero-order chi connectivity index (χ0) is 12.1. The second kappa shape index (κ2) is 5.59. The smallest absolute Gasteiger partial charge is 0.147 e. The maximum absolute atomic E-state index is 5.52. The van der Waals surface area contributed by atoms with Gasteiger partial charge in [0.2, 0.25) is 0 Å². The number of nitrogens with zero attached hydrogens (tertiary/aromatic N) is 2. The van der Waals surface area contributed by atoms with Gasteiger partial charge in [-0.25, -0.2) is 0 Å². The molecule has 1 aromatic carbocycles. The molecule has 0 aliphatic rings. The van der Waals surface area contributed by atoms with Gasteiger partial charge in [0.25, 0.3) is 0 Å². The summed E-state index contributed by atoms with van der Waals surface area (Å²) in [4.78, 5) is 0. The van der Waals surface area contributed by atoms with Crippen LogP contribution in [0, 0.1) is 6.92 Å². The van der Waals surface area contributed by atoms with Crippen LogP contribution in [-0.4, -0.2) is 16.8 Å². The number of hydrogen-bond donors (Lipinski definition) is 0. The lowest BCUT2D eigenvalue weighted by atomic mass is 10.2. The highest BCUT2D eigenvalue weighted by molar-refractivity contribution is 7.14. The van der Waals surface area contributed by atoms with Crippen LogP contribution in [0.25, 0.3) is 10.6 Å². The molecule has 0 saturated carbocycles. The zero-order valence-electron chi connectivity index (χ0n) is 9.88. The van der Waals surface area contributed by atoms with E-state index in [-0.39, 0.29) is 0 Å². The van der Waals surface area contributed by atoms with Crippen molar-refractivity contribution < 1.29 is 4.74 Å². The van der Waals surface area contributed by atoms with Gasteiger partial charge >= 0.3 is 0 Å². The molecule has 0 radical (unpaired) electrons. The molecule has 2 rings (SSSR count). The highest BCUT2D eigenvalue weighted by Gasteiger charge is 2.03. The first-order valence-corrected chi connectivity index (χ1v) is 6.26. The van der Waals surface area contributed by atoms with Gasteiger partial charge < -0.3 is 4.74 Å². The third-order valence-corrected chi connectivity index (χ3v) is 3.10. The van der Waals surface area contributed by atoms with Crippen LogP contribution in [0.15, 0.2) is 36.4 Å².